The minimum Gasteiger partial charge on any atom is -0.457 e. The molecule has 1 spiro atoms. The second-order valence-corrected chi connectivity index (χ2v) is 13.2. The van der Waals surface area contributed by atoms with Crippen molar-refractivity contribution in [1.29, 1.82) is 5.26 Å². The normalized spacial score (nSPS) is 12.9. The van der Waals surface area contributed by atoms with Crippen molar-refractivity contribution in [2.75, 3.05) is 0 Å². The number of benzene rings is 7. The first-order chi connectivity index (χ1) is 25.7. The van der Waals surface area contributed by atoms with Crippen LogP contribution in [0.3, 0.4) is 0 Å². The predicted molar refractivity (Wildman–Crippen MR) is 206 cm³/mol. The maximum Gasteiger partial charge on any atom is 0.160 e. The molecule has 0 atom stereocenters. The molecule has 0 unspecified atom stereocenters. The Hall–Kier alpha value is -7.09. The summed E-state index contributed by atoms with van der Waals surface area (Å²) in [6.07, 6.45) is 0. The molecule has 0 saturated carbocycles. The first kappa shape index (κ1) is 29.8. The van der Waals surface area contributed by atoms with Crippen LogP contribution in [0.1, 0.15) is 27.8 Å². The summed E-state index contributed by atoms with van der Waals surface area (Å²) in [5.41, 5.74) is 13.4. The van der Waals surface area contributed by atoms with E-state index in [4.69, 9.17) is 14.7 Å². The van der Waals surface area contributed by atoms with E-state index in [0.717, 1.165) is 78.5 Å². The molecule has 52 heavy (non-hydrogen) atoms. The number of hydrogen-bond donors (Lipinski definition) is 0. The van der Waals surface area contributed by atoms with Gasteiger partial charge in [0.05, 0.1) is 28.4 Å². The first-order valence-electron chi connectivity index (χ1n) is 17.4. The van der Waals surface area contributed by atoms with Crippen LogP contribution in [0.5, 0.6) is 11.5 Å². The molecule has 2 aliphatic rings. The lowest BCUT2D eigenvalue weighted by Gasteiger charge is -2.39. The SMILES string of the molecule is N#Cc1ccc2c(c1)C1(c3ccccc3Oc3ccccc31)c1cc(-c3cc(-c4ccc(-c5ccccc5)cc4)nc(-c4ccccc4)n3)ccc1-2. The summed E-state index contributed by atoms with van der Waals surface area (Å²) in [5.74, 6) is 2.28. The average molecular weight is 664 g/mol. The Morgan fingerprint density at radius 1 is 0.423 bits per heavy atom. The molecule has 0 radical (unpaired) electrons. The van der Waals surface area contributed by atoms with E-state index in [1.165, 1.54) is 5.56 Å². The van der Waals surface area contributed by atoms with Gasteiger partial charge in [-0.3, -0.25) is 0 Å². The van der Waals surface area contributed by atoms with Gasteiger partial charge >= 0.3 is 0 Å². The number of nitriles is 1. The number of rotatable bonds is 4. The van der Waals surface area contributed by atoms with Crippen molar-refractivity contribution in [3.05, 3.63) is 204 Å². The third kappa shape index (κ3) is 4.54. The molecule has 0 fully saturated rings. The smallest absolute Gasteiger partial charge is 0.160 e. The minimum absolute atomic E-state index is 0.624. The van der Waals surface area contributed by atoms with E-state index in [1.807, 2.05) is 54.6 Å². The maximum atomic E-state index is 10.1. The Balaban J connectivity index is 1.20. The summed E-state index contributed by atoms with van der Waals surface area (Å²) < 4.78 is 6.55. The largest absolute Gasteiger partial charge is 0.457 e. The van der Waals surface area contributed by atoms with Gasteiger partial charge in [-0.2, -0.15) is 5.26 Å². The highest BCUT2D eigenvalue weighted by Gasteiger charge is 2.51. The molecular weight excluding hydrogens is 635 g/mol. The monoisotopic (exact) mass is 663 g/mol. The fourth-order valence-electron chi connectivity index (χ4n) is 8.05. The van der Waals surface area contributed by atoms with Crippen LogP contribution in [0.15, 0.2) is 176 Å². The second kappa shape index (κ2) is 11.8. The Morgan fingerprint density at radius 3 is 1.58 bits per heavy atom. The first-order valence-corrected chi connectivity index (χ1v) is 17.4. The molecule has 7 aromatic carbocycles. The number of nitrogens with zero attached hydrogens (tertiary/aromatic N) is 3. The van der Waals surface area contributed by atoms with Crippen molar-refractivity contribution in [3.63, 3.8) is 0 Å². The third-order valence-corrected chi connectivity index (χ3v) is 10.4. The molecule has 0 amide bonds. The number of aromatic nitrogens is 2. The summed E-state index contributed by atoms with van der Waals surface area (Å²) in [4.78, 5) is 10.3. The second-order valence-electron chi connectivity index (χ2n) is 13.2. The van der Waals surface area contributed by atoms with Crippen LogP contribution >= 0.6 is 0 Å². The molecule has 2 heterocycles. The molecule has 10 rings (SSSR count). The lowest BCUT2D eigenvalue weighted by Crippen LogP contribution is -2.32. The highest BCUT2D eigenvalue weighted by Crippen LogP contribution is 2.62. The van der Waals surface area contributed by atoms with Crippen molar-refractivity contribution in [1.82, 2.24) is 9.97 Å². The van der Waals surface area contributed by atoms with Crippen LogP contribution < -0.4 is 4.74 Å². The average Bonchev–Trinajstić information content (AvgIpc) is 3.50. The zero-order valence-electron chi connectivity index (χ0n) is 28.0. The van der Waals surface area contributed by atoms with Gasteiger partial charge in [-0.15, -0.1) is 0 Å². The zero-order valence-corrected chi connectivity index (χ0v) is 28.0. The summed E-state index contributed by atoms with van der Waals surface area (Å²) in [6, 6.07) is 62.9. The van der Waals surface area contributed by atoms with Crippen molar-refractivity contribution in [2.24, 2.45) is 0 Å². The quantitative estimate of drug-likeness (QED) is 0.188. The van der Waals surface area contributed by atoms with E-state index < -0.39 is 5.41 Å². The van der Waals surface area contributed by atoms with Crippen LogP contribution in [0, 0.1) is 11.3 Å². The van der Waals surface area contributed by atoms with Crippen LogP contribution in [0.4, 0.5) is 0 Å². The van der Waals surface area contributed by atoms with Gasteiger partial charge in [0.15, 0.2) is 5.82 Å². The van der Waals surface area contributed by atoms with Gasteiger partial charge in [0.1, 0.15) is 11.5 Å². The molecule has 0 bridgehead atoms. The number of ether oxygens (including phenoxy) is 1. The van der Waals surface area contributed by atoms with Gasteiger partial charge in [-0.05, 0) is 69.8 Å². The minimum atomic E-state index is -0.704. The van der Waals surface area contributed by atoms with E-state index in [-0.39, 0.29) is 0 Å². The molecule has 4 heteroatoms. The molecule has 0 saturated heterocycles. The Labute approximate surface area is 301 Å². The molecular formula is C48H29N3O. The molecule has 0 N–H and O–H groups in total. The summed E-state index contributed by atoms with van der Waals surface area (Å²) in [6.45, 7) is 0. The van der Waals surface area contributed by atoms with E-state index in [1.54, 1.807) is 0 Å². The van der Waals surface area contributed by atoms with E-state index >= 15 is 0 Å². The standard InChI is InChI=1S/C48H29N3O/c49-30-31-19-25-37-38-26-24-36(28-42(38)48(41(37)27-31)39-15-7-9-17-45(39)52-46-18-10-8-16-40(46)48)44-29-43(50-47(51-44)35-13-5-2-6-14-35)34-22-20-33(21-23-34)32-11-3-1-4-12-32/h1-29H. The van der Waals surface area contributed by atoms with Crippen molar-refractivity contribution < 1.29 is 4.74 Å². The molecule has 242 valence electrons. The molecule has 4 nitrogen and oxygen atoms in total. The zero-order chi connectivity index (χ0) is 34.6. The fourth-order valence-corrected chi connectivity index (χ4v) is 8.05. The van der Waals surface area contributed by atoms with Crippen molar-refractivity contribution in [2.45, 2.75) is 5.41 Å². The molecule has 8 aromatic rings. The maximum absolute atomic E-state index is 10.1. The van der Waals surface area contributed by atoms with Crippen molar-refractivity contribution >= 4 is 0 Å². The van der Waals surface area contributed by atoms with Gasteiger partial charge in [0.2, 0.25) is 0 Å². The number of hydrogen-bond acceptors (Lipinski definition) is 4. The highest BCUT2D eigenvalue weighted by molar-refractivity contribution is 5.91. The van der Waals surface area contributed by atoms with Gasteiger partial charge in [0.25, 0.3) is 0 Å². The summed E-state index contributed by atoms with van der Waals surface area (Å²) in [5, 5.41) is 10.1. The van der Waals surface area contributed by atoms with Gasteiger partial charge < -0.3 is 4.74 Å². The van der Waals surface area contributed by atoms with Crippen LogP contribution in [0.2, 0.25) is 0 Å². The fraction of sp³-hybridized carbons (Fsp3) is 0.0208. The predicted octanol–water partition coefficient (Wildman–Crippen LogP) is 11.5. The Kier molecular flexibility index (Phi) is 6.74. The van der Waals surface area contributed by atoms with Crippen LogP contribution in [-0.4, -0.2) is 9.97 Å². The summed E-state index contributed by atoms with van der Waals surface area (Å²) in [7, 11) is 0. The topological polar surface area (TPSA) is 58.8 Å². The Morgan fingerprint density at radius 2 is 0.923 bits per heavy atom. The van der Waals surface area contributed by atoms with Crippen LogP contribution in [-0.2, 0) is 5.41 Å². The van der Waals surface area contributed by atoms with E-state index in [2.05, 4.69) is 127 Å². The Bertz CT molecular complexity index is 2670. The highest BCUT2D eigenvalue weighted by atomic mass is 16.5. The van der Waals surface area contributed by atoms with Crippen LogP contribution in [0.25, 0.3) is 56.2 Å². The molecule has 1 aliphatic carbocycles. The molecule has 1 aromatic heterocycles. The van der Waals surface area contributed by atoms with E-state index in [0.29, 0.717) is 11.4 Å². The number of para-hydroxylation sites is 2. The van der Waals surface area contributed by atoms with Gasteiger partial charge in [-0.1, -0.05) is 140 Å². The van der Waals surface area contributed by atoms with Crippen molar-refractivity contribution in [3.8, 4) is 73.7 Å². The van der Waals surface area contributed by atoms with E-state index in [9.17, 15) is 5.26 Å². The van der Waals surface area contributed by atoms with Gasteiger partial charge in [0, 0.05) is 27.8 Å². The lowest BCUT2D eigenvalue weighted by atomic mass is 9.65. The number of fused-ring (bicyclic) bond motifs is 9. The molecule has 1 aliphatic heterocycles. The third-order valence-electron chi connectivity index (χ3n) is 10.4. The lowest BCUT2D eigenvalue weighted by molar-refractivity contribution is 0.436. The summed E-state index contributed by atoms with van der Waals surface area (Å²) >= 11 is 0. The van der Waals surface area contributed by atoms with Gasteiger partial charge in [-0.25, -0.2) is 9.97 Å².